The van der Waals surface area contributed by atoms with Gasteiger partial charge in [-0.05, 0) is 24.6 Å². The van der Waals surface area contributed by atoms with Crippen LogP contribution in [-0.4, -0.2) is 18.6 Å². The highest BCUT2D eigenvalue weighted by Crippen LogP contribution is 2.18. The molecule has 0 radical (unpaired) electrons. The summed E-state index contributed by atoms with van der Waals surface area (Å²) < 4.78 is 26.5. The number of H-pyrrole nitrogens is 1. The minimum absolute atomic E-state index is 0.109. The van der Waals surface area contributed by atoms with E-state index in [1.807, 2.05) is 6.07 Å². The van der Waals surface area contributed by atoms with Crippen LogP contribution in [0.3, 0.4) is 0 Å². The van der Waals surface area contributed by atoms with E-state index >= 15 is 0 Å². The van der Waals surface area contributed by atoms with Crippen LogP contribution in [0.4, 0.5) is 5.69 Å². The van der Waals surface area contributed by atoms with Gasteiger partial charge in [0.15, 0.2) is 0 Å². The summed E-state index contributed by atoms with van der Waals surface area (Å²) in [6.45, 7) is 1.76. The molecule has 96 valence electrons. The molecule has 18 heavy (non-hydrogen) atoms. The lowest BCUT2D eigenvalue weighted by atomic mass is 10.1. The van der Waals surface area contributed by atoms with Crippen molar-refractivity contribution in [2.24, 2.45) is 0 Å². The zero-order chi connectivity index (χ0) is 13.2. The minimum Gasteiger partial charge on any atom is -0.399 e. The number of hydrogen-bond acceptors (Lipinski definition) is 4. The van der Waals surface area contributed by atoms with E-state index in [0.29, 0.717) is 5.69 Å². The number of sulfonamides is 1. The highest BCUT2D eigenvalue weighted by Gasteiger charge is 2.19. The zero-order valence-corrected chi connectivity index (χ0v) is 10.6. The summed E-state index contributed by atoms with van der Waals surface area (Å²) in [4.78, 5) is 0.109. The van der Waals surface area contributed by atoms with Crippen LogP contribution in [0.5, 0.6) is 0 Å². The number of nitrogen functional groups attached to an aromatic ring is 1. The van der Waals surface area contributed by atoms with E-state index in [0.717, 1.165) is 5.56 Å². The van der Waals surface area contributed by atoms with Crippen LogP contribution in [-0.2, 0) is 10.0 Å². The number of aromatic nitrogens is 2. The molecule has 6 nitrogen and oxygen atoms in total. The molecule has 0 saturated heterocycles. The standard InChI is InChI=1S/C11H14N4O2S/c1-8(9-3-2-4-10(12)5-9)15-18(16,17)11-6-13-14-7-11/h2-8,15H,12H2,1H3,(H,13,14). The number of anilines is 1. The molecular weight excluding hydrogens is 252 g/mol. The maximum absolute atomic E-state index is 12.0. The first-order valence-corrected chi connectivity index (χ1v) is 6.84. The third-order valence-electron chi connectivity index (χ3n) is 2.53. The number of benzene rings is 1. The van der Waals surface area contributed by atoms with Crippen LogP contribution in [0.25, 0.3) is 0 Å². The molecule has 2 rings (SSSR count). The topological polar surface area (TPSA) is 101 Å². The van der Waals surface area contributed by atoms with Crippen molar-refractivity contribution in [3.8, 4) is 0 Å². The maximum Gasteiger partial charge on any atom is 0.244 e. The predicted molar refractivity (Wildman–Crippen MR) is 68.2 cm³/mol. The average Bonchev–Trinajstić information content (AvgIpc) is 2.82. The van der Waals surface area contributed by atoms with Gasteiger partial charge in [0.25, 0.3) is 0 Å². The summed E-state index contributed by atoms with van der Waals surface area (Å²) >= 11 is 0. The zero-order valence-electron chi connectivity index (χ0n) is 9.79. The van der Waals surface area contributed by atoms with E-state index in [-0.39, 0.29) is 10.9 Å². The molecule has 0 aliphatic rings. The first kappa shape index (κ1) is 12.6. The third kappa shape index (κ3) is 2.69. The van der Waals surface area contributed by atoms with Crippen molar-refractivity contribution in [3.63, 3.8) is 0 Å². The Hall–Kier alpha value is -1.86. The molecule has 0 amide bonds. The molecule has 1 unspecified atom stereocenters. The summed E-state index contributed by atoms with van der Waals surface area (Å²) in [5.74, 6) is 0. The largest absolute Gasteiger partial charge is 0.399 e. The van der Waals surface area contributed by atoms with Crippen LogP contribution in [0.2, 0.25) is 0 Å². The Morgan fingerprint density at radius 2 is 2.22 bits per heavy atom. The summed E-state index contributed by atoms with van der Waals surface area (Å²) in [5.41, 5.74) is 7.07. The second kappa shape index (κ2) is 4.79. The van der Waals surface area contributed by atoms with E-state index in [1.54, 1.807) is 25.1 Å². The van der Waals surface area contributed by atoms with Crippen molar-refractivity contribution >= 4 is 15.7 Å². The number of aromatic amines is 1. The lowest BCUT2D eigenvalue weighted by Crippen LogP contribution is -2.26. The van der Waals surface area contributed by atoms with Crippen LogP contribution < -0.4 is 10.5 Å². The van der Waals surface area contributed by atoms with Crippen LogP contribution in [0, 0.1) is 0 Å². The van der Waals surface area contributed by atoms with Gasteiger partial charge in [0.2, 0.25) is 10.0 Å². The number of hydrogen-bond donors (Lipinski definition) is 3. The molecule has 4 N–H and O–H groups in total. The van der Waals surface area contributed by atoms with Crippen LogP contribution in [0.15, 0.2) is 41.6 Å². The predicted octanol–water partition coefficient (Wildman–Crippen LogP) is 1.03. The van der Waals surface area contributed by atoms with Crippen molar-refractivity contribution < 1.29 is 8.42 Å². The Morgan fingerprint density at radius 3 is 2.83 bits per heavy atom. The minimum atomic E-state index is -3.56. The van der Waals surface area contributed by atoms with Crippen molar-refractivity contribution in [1.82, 2.24) is 14.9 Å². The fraction of sp³-hybridized carbons (Fsp3) is 0.182. The van der Waals surface area contributed by atoms with Gasteiger partial charge < -0.3 is 5.73 Å². The van der Waals surface area contributed by atoms with E-state index < -0.39 is 10.0 Å². The average molecular weight is 266 g/mol. The van der Waals surface area contributed by atoms with Gasteiger partial charge in [-0.3, -0.25) is 5.10 Å². The molecule has 7 heteroatoms. The van der Waals surface area contributed by atoms with Crippen LogP contribution in [0.1, 0.15) is 18.5 Å². The Kier molecular flexibility index (Phi) is 3.35. The second-order valence-electron chi connectivity index (χ2n) is 3.95. The summed E-state index contributed by atoms with van der Waals surface area (Å²) in [5, 5.41) is 6.09. The molecule has 0 fully saturated rings. The molecule has 0 aliphatic carbocycles. The molecular formula is C11H14N4O2S. The van der Waals surface area contributed by atoms with Gasteiger partial charge in [-0.1, -0.05) is 12.1 Å². The van der Waals surface area contributed by atoms with Crippen LogP contribution >= 0.6 is 0 Å². The van der Waals surface area contributed by atoms with E-state index in [4.69, 9.17) is 5.73 Å². The molecule has 0 spiro atoms. The summed E-state index contributed by atoms with van der Waals surface area (Å²) in [7, 11) is -3.56. The molecule has 1 aromatic heterocycles. The maximum atomic E-state index is 12.0. The van der Waals surface area contributed by atoms with Crippen molar-refractivity contribution in [2.75, 3.05) is 5.73 Å². The quantitative estimate of drug-likeness (QED) is 0.719. The fourth-order valence-corrected chi connectivity index (χ4v) is 2.72. The van der Waals surface area contributed by atoms with Gasteiger partial charge in [0.05, 0.1) is 6.20 Å². The highest BCUT2D eigenvalue weighted by atomic mass is 32.2. The number of rotatable bonds is 4. The van der Waals surface area contributed by atoms with Crippen molar-refractivity contribution in [1.29, 1.82) is 0 Å². The highest BCUT2D eigenvalue weighted by molar-refractivity contribution is 7.89. The summed E-state index contributed by atoms with van der Waals surface area (Å²) in [6.07, 6.45) is 2.59. The molecule has 1 heterocycles. The van der Waals surface area contributed by atoms with Gasteiger partial charge in [-0.15, -0.1) is 0 Å². The lowest BCUT2D eigenvalue weighted by molar-refractivity contribution is 0.567. The SMILES string of the molecule is CC(NS(=O)(=O)c1cn[nH]c1)c1cccc(N)c1. The Balaban J connectivity index is 2.20. The Morgan fingerprint density at radius 1 is 1.44 bits per heavy atom. The Bertz CT molecular complexity index is 622. The van der Waals surface area contributed by atoms with Gasteiger partial charge in [-0.2, -0.15) is 5.10 Å². The smallest absolute Gasteiger partial charge is 0.244 e. The number of nitrogens with two attached hydrogens (primary N) is 1. The number of nitrogens with one attached hydrogen (secondary N) is 2. The third-order valence-corrected chi connectivity index (χ3v) is 4.03. The number of nitrogens with zero attached hydrogens (tertiary/aromatic N) is 1. The van der Waals surface area contributed by atoms with Gasteiger partial charge in [0, 0.05) is 17.9 Å². The molecule has 0 bridgehead atoms. The van der Waals surface area contributed by atoms with E-state index in [1.165, 1.54) is 12.4 Å². The fourth-order valence-electron chi connectivity index (χ4n) is 1.58. The van der Waals surface area contributed by atoms with Gasteiger partial charge in [-0.25, -0.2) is 13.1 Å². The van der Waals surface area contributed by atoms with E-state index in [9.17, 15) is 8.42 Å². The monoisotopic (exact) mass is 266 g/mol. The second-order valence-corrected chi connectivity index (χ2v) is 5.66. The van der Waals surface area contributed by atoms with Gasteiger partial charge in [0.1, 0.15) is 4.90 Å². The first-order valence-electron chi connectivity index (χ1n) is 5.35. The molecule has 2 aromatic rings. The normalized spacial score (nSPS) is 13.4. The van der Waals surface area contributed by atoms with Crippen molar-refractivity contribution in [3.05, 3.63) is 42.2 Å². The molecule has 0 saturated carbocycles. The van der Waals surface area contributed by atoms with Crippen molar-refractivity contribution in [2.45, 2.75) is 17.9 Å². The molecule has 1 atom stereocenters. The van der Waals surface area contributed by atoms with Gasteiger partial charge >= 0.3 is 0 Å². The lowest BCUT2D eigenvalue weighted by Gasteiger charge is -2.14. The Labute approximate surface area is 105 Å². The molecule has 1 aromatic carbocycles. The van der Waals surface area contributed by atoms with E-state index in [2.05, 4.69) is 14.9 Å². The summed E-state index contributed by atoms with van der Waals surface area (Å²) in [6, 6.07) is 6.73. The first-order chi connectivity index (χ1) is 8.49. The molecule has 0 aliphatic heterocycles.